The molecule has 138 valence electrons. The minimum Gasteiger partial charge on any atom is -0.335 e. The number of carbonyl (C=O) groups is 2. The van der Waals surface area contributed by atoms with Crippen LogP contribution in [0.5, 0.6) is 0 Å². The van der Waals surface area contributed by atoms with Crippen LogP contribution in [-0.2, 0) is 4.79 Å². The maximum atomic E-state index is 12.3. The van der Waals surface area contributed by atoms with Crippen LogP contribution in [0.4, 0.5) is 4.79 Å². The van der Waals surface area contributed by atoms with Crippen molar-refractivity contribution in [2.45, 2.75) is 56.0 Å². The highest BCUT2D eigenvalue weighted by atomic mass is 32.2. The number of rotatable bonds is 5. The van der Waals surface area contributed by atoms with Crippen molar-refractivity contribution in [2.24, 2.45) is 0 Å². The van der Waals surface area contributed by atoms with Gasteiger partial charge in [0.25, 0.3) is 0 Å². The normalized spacial score (nSPS) is 15.6. The molecule has 0 saturated heterocycles. The first kappa shape index (κ1) is 18.4. The molecule has 0 aliphatic heterocycles. The molecule has 7 nitrogen and oxygen atoms in total. The zero-order chi connectivity index (χ0) is 18.5. The van der Waals surface area contributed by atoms with Crippen LogP contribution in [0.25, 0.3) is 5.69 Å². The third-order valence-corrected chi connectivity index (χ3v) is 5.43. The molecule has 1 aliphatic rings. The maximum Gasteiger partial charge on any atom is 0.321 e. The van der Waals surface area contributed by atoms with Gasteiger partial charge >= 0.3 is 6.03 Å². The average molecular weight is 373 g/mol. The van der Waals surface area contributed by atoms with Gasteiger partial charge in [0.1, 0.15) is 5.82 Å². The van der Waals surface area contributed by atoms with Crippen LogP contribution in [0.15, 0.2) is 35.5 Å². The lowest BCUT2D eigenvalue weighted by Crippen LogP contribution is -2.45. The number of carbonyl (C=O) groups excluding carboxylic acids is 2. The van der Waals surface area contributed by atoms with E-state index in [4.69, 9.17) is 0 Å². The van der Waals surface area contributed by atoms with Crippen molar-refractivity contribution in [1.29, 1.82) is 0 Å². The van der Waals surface area contributed by atoms with E-state index in [-0.39, 0.29) is 11.9 Å². The molecule has 3 rings (SSSR count). The summed E-state index contributed by atoms with van der Waals surface area (Å²) in [4.78, 5) is 24.3. The summed E-state index contributed by atoms with van der Waals surface area (Å²) in [6.07, 6.45) is 4.20. The highest BCUT2D eigenvalue weighted by molar-refractivity contribution is 8.00. The number of urea groups is 1. The highest BCUT2D eigenvalue weighted by Crippen LogP contribution is 2.25. The summed E-state index contributed by atoms with van der Waals surface area (Å²) in [5.41, 5.74) is 0.934. The van der Waals surface area contributed by atoms with Crippen LogP contribution in [0.3, 0.4) is 0 Å². The van der Waals surface area contributed by atoms with Crippen LogP contribution in [0.2, 0.25) is 0 Å². The topological polar surface area (TPSA) is 88.9 Å². The molecule has 3 amide bonds. The van der Waals surface area contributed by atoms with Crippen molar-refractivity contribution >= 4 is 23.7 Å². The first-order valence-corrected chi connectivity index (χ1v) is 9.68. The van der Waals surface area contributed by atoms with E-state index in [9.17, 15) is 9.59 Å². The Morgan fingerprint density at radius 1 is 1.19 bits per heavy atom. The van der Waals surface area contributed by atoms with Gasteiger partial charge in [-0.1, -0.05) is 42.8 Å². The summed E-state index contributed by atoms with van der Waals surface area (Å²) in [5.74, 6) is 0.399. The van der Waals surface area contributed by atoms with Crippen molar-refractivity contribution in [3.05, 3.63) is 36.2 Å². The quantitative estimate of drug-likeness (QED) is 0.787. The summed E-state index contributed by atoms with van der Waals surface area (Å²) in [7, 11) is 0. The van der Waals surface area contributed by atoms with Gasteiger partial charge in [-0.2, -0.15) is 0 Å². The molecule has 26 heavy (non-hydrogen) atoms. The summed E-state index contributed by atoms with van der Waals surface area (Å²) in [6, 6.07) is 9.49. The number of para-hydroxylation sites is 1. The Balaban J connectivity index is 1.62. The van der Waals surface area contributed by atoms with E-state index in [0.29, 0.717) is 5.16 Å². The molecule has 0 radical (unpaired) electrons. The number of thioether (sulfide) groups is 1. The molecule has 1 atom stereocenters. The summed E-state index contributed by atoms with van der Waals surface area (Å²) in [5, 5.41) is 13.7. The van der Waals surface area contributed by atoms with E-state index in [2.05, 4.69) is 20.8 Å². The van der Waals surface area contributed by atoms with Gasteiger partial charge in [-0.25, -0.2) is 4.79 Å². The first-order chi connectivity index (χ1) is 12.5. The number of hydrogen-bond donors (Lipinski definition) is 2. The van der Waals surface area contributed by atoms with Gasteiger partial charge in [0.15, 0.2) is 5.16 Å². The Morgan fingerprint density at radius 3 is 2.58 bits per heavy atom. The third kappa shape index (κ3) is 4.43. The van der Waals surface area contributed by atoms with Crippen molar-refractivity contribution in [2.75, 3.05) is 0 Å². The van der Waals surface area contributed by atoms with Crippen LogP contribution in [-0.4, -0.2) is 38.0 Å². The predicted octanol–water partition coefficient (Wildman–Crippen LogP) is 2.82. The molecule has 0 spiro atoms. The number of nitrogens with one attached hydrogen (secondary N) is 2. The summed E-state index contributed by atoms with van der Waals surface area (Å²) in [6.45, 7) is 3.62. The SMILES string of the molecule is Cc1nnc(S[C@H](C)C(=O)NC(=O)NC2CCCC2)n1-c1ccccc1. The van der Waals surface area contributed by atoms with Crippen molar-refractivity contribution in [1.82, 2.24) is 25.4 Å². The van der Waals surface area contributed by atoms with E-state index in [0.717, 1.165) is 37.2 Å². The lowest BCUT2D eigenvalue weighted by molar-refractivity contribution is -0.119. The van der Waals surface area contributed by atoms with Crippen LogP contribution < -0.4 is 10.6 Å². The van der Waals surface area contributed by atoms with Crippen LogP contribution in [0, 0.1) is 6.92 Å². The molecule has 1 saturated carbocycles. The molecule has 1 heterocycles. The van der Waals surface area contributed by atoms with E-state index >= 15 is 0 Å². The second-order valence-electron chi connectivity index (χ2n) is 6.40. The molecule has 0 bridgehead atoms. The number of hydrogen-bond acceptors (Lipinski definition) is 5. The van der Waals surface area contributed by atoms with E-state index in [1.807, 2.05) is 41.8 Å². The number of imide groups is 1. The van der Waals surface area contributed by atoms with Gasteiger partial charge in [-0.15, -0.1) is 10.2 Å². The van der Waals surface area contributed by atoms with E-state index in [1.165, 1.54) is 11.8 Å². The molecule has 2 aromatic rings. The second-order valence-corrected chi connectivity index (χ2v) is 7.71. The predicted molar refractivity (Wildman–Crippen MR) is 100 cm³/mol. The first-order valence-electron chi connectivity index (χ1n) is 8.80. The molecule has 1 fully saturated rings. The van der Waals surface area contributed by atoms with Crippen molar-refractivity contribution in [3.8, 4) is 5.69 Å². The highest BCUT2D eigenvalue weighted by Gasteiger charge is 2.23. The Kier molecular flexibility index (Phi) is 5.92. The zero-order valence-corrected chi connectivity index (χ0v) is 15.8. The number of aryl methyl sites for hydroxylation is 1. The van der Waals surface area contributed by atoms with Gasteiger partial charge in [0.05, 0.1) is 5.25 Å². The molecule has 1 aromatic heterocycles. The number of nitrogens with zero attached hydrogens (tertiary/aromatic N) is 3. The fourth-order valence-corrected chi connectivity index (χ4v) is 3.92. The van der Waals surface area contributed by atoms with E-state index < -0.39 is 11.3 Å². The van der Waals surface area contributed by atoms with Crippen molar-refractivity contribution in [3.63, 3.8) is 0 Å². The van der Waals surface area contributed by atoms with Gasteiger partial charge in [0, 0.05) is 11.7 Å². The lowest BCUT2D eigenvalue weighted by Gasteiger charge is -2.15. The number of benzene rings is 1. The van der Waals surface area contributed by atoms with Crippen LogP contribution in [0.1, 0.15) is 38.4 Å². The van der Waals surface area contributed by atoms with E-state index in [1.54, 1.807) is 6.92 Å². The molecule has 0 unspecified atom stereocenters. The molecule has 2 N–H and O–H groups in total. The minimum atomic E-state index is -0.476. The Morgan fingerprint density at radius 2 is 1.88 bits per heavy atom. The summed E-state index contributed by atoms with van der Waals surface area (Å²) >= 11 is 1.28. The lowest BCUT2D eigenvalue weighted by atomic mass is 10.2. The van der Waals surface area contributed by atoms with Gasteiger partial charge in [-0.3, -0.25) is 14.7 Å². The fraction of sp³-hybridized carbons (Fsp3) is 0.444. The largest absolute Gasteiger partial charge is 0.335 e. The minimum absolute atomic E-state index is 0.176. The third-order valence-electron chi connectivity index (χ3n) is 4.39. The Labute approximate surface area is 157 Å². The van der Waals surface area contributed by atoms with Crippen molar-refractivity contribution < 1.29 is 9.59 Å². The summed E-state index contributed by atoms with van der Waals surface area (Å²) < 4.78 is 1.90. The average Bonchev–Trinajstić information content (AvgIpc) is 3.25. The monoisotopic (exact) mass is 373 g/mol. The molecule has 8 heteroatoms. The second kappa shape index (κ2) is 8.35. The Bertz CT molecular complexity index is 771. The molecular formula is C18H23N5O2S. The Hall–Kier alpha value is -2.35. The standard InChI is InChI=1S/C18H23N5O2S/c1-12(16(24)20-17(25)19-14-8-6-7-9-14)26-18-22-21-13(2)23(18)15-10-4-3-5-11-15/h3-5,10-12,14H,6-9H2,1-2H3,(H2,19,20,24,25)/t12-/m1/s1. The molecule has 1 aliphatic carbocycles. The van der Waals surface area contributed by atoms with Crippen LogP contribution >= 0.6 is 11.8 Å². The fourth-order valence-electron chi connectivity index (χ4n) is 3.01. The zero-order valence-electron chi connectivity index (χ0n) is 14.9. The number of amides is 3. The van der Waals surface area contributed by atoms with Gasteiger partial charge < -0.3 is 5.32 Å². The van der Waals surface area contributed by atoms with Gasteiger partial charge in [-0.05, 0) is 38.8 Å². The molecule has 1 aromatic carbocycles. The van der Waals surface area contributed by atoms with Gasteiger partial charge in [0.2, 0.25) is 5.91 Å². The molecular weight excluding hydrogens is 350 g/mol. The smallest absolute Gasteiger partial charge is 0.321 e. The number of aromatic nitrogens is 3. The maximum absolute atomic E-state index is 12.3.